The van der Waals surface area contributed by atoms with Crippen LogP contribution in [0, 0.1) is 0 Å². The fourth-order valence-electron chi connectivity index (χ4n) is 3.52. The lowest BCUT2D eigenvalue weighted by molar-refractivity contribution is 0.0345. The molecule has 2 aromatic carbocycles. The number of rotatable bonds is 5. The Balaban J connectivity index is 1.92. The van der Waals surface area contributed by atoms with E-state index in [1.165, 1.54) is 0 Å². The maximum atomic E-state index is 13.2. The molecule has 0 fully saturated rings. The summed E-state index contributed by atoms with van der Waals surface area (Å²) in [5.74, 6) is -0.125. The van der Waals surface area contributed by atoms with Crippen molar-refractivity contribution in [3.05, 3.63) is 81.1 Å². The number of ether oxygens (including phenoxy) is 2. The lowest BCUT2D eigenvalue weighted by atomic mass is 9.87. The molecule has 132 valence electrons. The molecule has 5 nitrogen and oxygen atoms in total. The summed E-state index contributed by atoms with van der Waals surface area (Å²) in [7, 11) is 1.61. The smallest absolute Gasteiger partial charge is 0.210 e. The molecule has 0 bridgehead atoms. The number of carbonyl (C=O) groups is 1. The highest BCUT2D eigenvalue weighted by Crippen LogP contribution is 2.28. The van der Waals surface area contributed by atoms with Crippen molar-refractivity contribution in [1.82, 2.24) is 4.57 Å². The summed E-state index contributed by atoms with van der Waals surface area (Å²) in [6.45, 7) is 1.08. The van der Waals surface area contributed by atoms with Crippen LogP contribution in [0.25, 0.3) is 10.9 Å². The lowest BCUT2D eigenvalue weighted by Gasteiger charge is -2.24. The maximum absolute atomic E-state index is 13.2. The molecule has 0 unspecified atom stereocenters. The van der Waals surface area contributed by atoms with Gasteiger partial charge in [0.05, 0.1) is 24.4 Å². The number of nitrogens with zero attached hydrogens (tertiary/aromatic N) is 1. The number of aromatic nitrogens is 1. The van der Waals surface area contributed by atoms with Crippen LogP contribution in [0.15, 0.2) is 53.3 Å². The van der Waals surface area contributed by atoms with E-state index < -0.39 is 0 Å². The van der Waals surface area contributed by atoms with Gasteiger partial charge in [-0.2, -0.15) is 0 Å². The van der Waals surface area contributed by atoms with Crippen molar-refractivity contribution in [3.8, 4) is 0 Å². The van der Waals surface area contributed by atoms with Gasteiger partial charge in [-0.05, 0) is 17.7 Å². The van der Waals surface area contributed by atoms with Crippen molar-refractivity contribution in [1.29, 1.82) is 0 Å². The van der Waals surface area contributed by atoms with Gasteiger partial charge in [0.2, 0.25) is 5.78 Å². The molecule has 0 saturated carbocycles. The molecule has 1 aliphatic rings. The number of fused-ring (bicyclic) bond motifs is 3. The van der Waals surface area contributed by atoms with E-state index in [0.29, 0.717) is 47.4 Å². The number of benzene rings is 2. The van der Waals surface area contributed by atoms with Gasteiger partial charge in [-0.15, -0.1) is 0 Å². The van der Waals surface area contributed by atoms with Gasteiger partial charge < -0.3 is 14.0 Å². The average molecular weight is 349 g/mol. The second kappa shape index (κ2) is 6.86. The van der Waals surface area contributed by atoms with Crippen LogP contribution in [0.5, 0.6) is 0 Å². The maximum Gasteiger partial charge on any atom is 0.210 e. The molecule has 0 amide bonds. The third-order valence-corrected chi connectivity index (χ3v) is 4.77. The van der Waals surface area contributed by atoms with Crippen molar-refractivity contribution >= 4 is 16.7 Å². The molecule has 5 heteroatoms. The normalized spacial score (nSPS) is 12.9. The third-order valence-electron chi connectivity index (χ3n) is 4.77. The summed E-state index contributed by atoms with van der Waals surface area (Å²) in [6, 6.07) is 14.8. The molecule has 0 aliphatic heterocycles. The number of para-hydroxylation sites is 1. The highest BCUT2D eigenvalue weighted by molar-refractivity contribution is 6.12. The Bertz CT molecular complexity index is 1050. The molecule has 3 aromatic rings. The standard InChI is InChI=1S/C21H19NO4/c1-25-10-11-26-13-22-18-9-5-4-8-16(18)20(23)17-12-14-6-2-3-7-15(14)21(24)19(17)22/h2-9H,10-13H2,1H3. The SMILES string of the molecule is COCCOCn1c2c(c(=O)c3ccccc31)Cc1ccccc1C2=O. The van der Waals surface area contributed by atoms with Crippen molar-refractivity contribution in [2.24, 2.45) is 0 Å². The van der Waals surface area contributed by atoms with E-state index in [-0.39, 0.29) is 17.9 Å². The fourth-order valence-corrected chi connectivity index (χ4v) is 3.52. The Morgan fingerprint density at radius 1 is 1.00 bits per heavy atom. The third kappa shape index (κ3) is 2.66. The Morgan fingerprint density at radius 2 is 1.77 bits per heavy atom. The van der Waals surface area contributed by atoms with Gasteiger partial charge >= 0.3 is 0 Å². The number of methoxy groups -OCH3 is 1. The van der Waals surface area contributed by atoms with E-state index in [4.69, 9.17) is 9.47 Å². The number of hydrogen-bond donors (Lipinski definition) is 0. The quantitative estimate of drug-likeness (QED) is 0.520. The second-order valence-electron chi connectivity index (χ2n) is 6.29. The van der Waals surface area contributed by atoms with Gasteiger partial charge in [-0.1, -0.05) is 36.4 Å². The van der Waals surface area contributed by atoms with Gasteiger partial charge in [0, 0.05) is 30.0 Å². The van der Waals surface area contributed by atoms with Crippen LogP contribution in [0.4, 0.5) is 0 Å². The van der Waals surface area contributed by atoms with E-state index >= 15 is 0 Å². The number of pyridine rings is 1. The minimum atomic E-state index is -0.125. The number of ketones is 1. The first-order valence-corrected chi connectivity index (χ1v) is 8.56. The summed E-state index contributed by atoms with van der Waals surface area (Å²) in [5, 5.41) is 0.605. The van der Waals surface area contributed by atoms with Crippen LogP contribution in [0.2, 0.25) is 0 Å². The molecule has 0 saturated heterocycles. The van der Waals surface area contributed by atoms with Crippen molar-refractivity contribution < 1.29 is 14.3 Å². The van der Waals surface area contributed by atoms with E-state index in [0.717, 1.165) is 5.56 Å². The minimum Gasteiger partial charge on any atom is -0.382 e. The molecule has 4 rings (SSSR count). The molecule has 0 spiro atoms. The van der Waals surface area contributed by atoms with Crippen molar-refractivity contribution in [2.75, 3.05) is 20.3 Å². The predicted octanol–water partition coefficient (Wildman–Crippen LogP) is 2.76. The van der Waals surface area contributed by atoms with E-state index in [9.17, 15) is 9.59 Å². The topological polar surface area (TPSA) is 57.5 Å². The van der Waals surface area contributed by atoms with Crippen LogP contribution in [-0.4, -0.2) is 30.7 Å². The zero-order valence-electron chi connectivity index (χ0n) is 14.5. The van der Waals surface area contributed by atoms with Crippen LogP contribution in [0.1, 0.15) is 27.2 Å². The van der Waals surface area contributed by atoms with Crippen molar-refractivity contribution in [2.45, 2.75) is 13.2 Å². The van der Waals surface area contributed by atoms with E-state index in [2.05, 4.69) is 0 Å². The zero-order valence-corrected chi connectivity index (χ0v) is 14.5. The van der Waals surface area contributed by atoms with Crippen LogP contribution in [-0.2, 0) is 22.6 Å². The summed E-state index contributed by atoms with van der Waals surface area (Å²) >= 11 is 0. The van der Waals surface area contributed by atoms with E-state index in [1.807, 2.05) is 47.0 Å². The van der Waals surface area contributed by atoms with Gasteiger partial charge in [-0.25, -0.2) is 0 Å². The van der Waals surface area contributed by atoms with E-state index in [1.54, 1.807) is 13.2 Å². The first-order valence-electron chi connectivity index (χ1n) is 8.56. The Morgan fingerprint density at radius 3 is 2.62 bits per heavy atom. The van der Waals surface area contributed by atoms with Crippen LogP contribution < -0.4 is 5.43 Å². The van der Waals surface area contributed by atoms with Gasteiger partial charge in [0.25, 0.3) is 0 Å². The Kier molecular flexibility index (Phi) is 4.41. The Labute approximate surface area is 150 Å². The molecule has 0 N–H and O–H groups in total. The molecule has 1 heterocycles. The lowest BCUT2D eigenvalue weighted by Crippen LogP contribution is -2.29. The number of carbonyl (C=O) groups excluding carboxylic acids is 1. The summed E-state index contributed by atoms with van der Waals surface area (Å²) in [4.78, 5) is 26.2. The molecular formula is C21H19NO4. The van der Waals surface area contributed by atoms with Gasteiger partial charge in [0.1, 0.15) is 6.73 Å². The van der Waals surface area contributed by atoms with Crippen molar-refractivity contribution in [3.63, 3.8) is 0 Å². The first-order chi connectivity index (χ1) is 12.7. The first kappa shape index (κ1) is 16.7. The molecule has 0 radical (unpaired) electrons. The average Bonchev–Trinajstić information content (AvgIpc) is 2.68. The largest absolute Gasteiger partial charge is 0.382 e. The molecule has 0 atom stereocenters. The van der Waals surface area contributed by atoms with Crippen LogP contribution in [0.3, 0.4) is 0 Å². The van der Waals surface area contributed by atoms with Gasteiger partial charge in [0.15, 0.2) is 5.43 Å². The highest BCUT2D eigenvalue weighted by atomic mass is 16.5. The summed E-state index contributed by atoms with van der Waals surface area (Å²) in [5.41, 5.74) is 3.16. The van der Waals surface area contributed by atoms with Crippen LogP contribution >= 0.6 is 0 Å². The zero-order chi connectivity index (χ0) is 18.1. The molecule has 1 aliphatic carbocycles. The molecular weight excluding hydrogens is 330 g/mol. The minimum absolute atomic E-state index is 0.0772. The molecule has 1 aromatic heterocycles. The predicted molar refractivity (Wildman–Crippen MR) is 98.7 cm³/mol. The monoisotopic (exact) mass is 349 g/mol. The number of hydrogen-bond acceptors (Lipinski definition) is 4. The summed E-state index contributed by atoms with van der Waals surface area (Å²) < 4.78 is 12.5. The van der Waals surface area contributed by atoms with Gasteiger partial charge in [-0.3, -0.25) is 9.59 Å². The Hall–Kier alpha value is -2.76. The molecule has 26 heavy (non-hydrogen) atoms. The second-order valence-corrected chi connectivity index (χ2v) is 6.29. The highest BCUT2D eigenvalue weighted by Gasteiger charge is 2.29. The summed E-state index contributed by atoms with van der Waals surface area (Å²) in [6.07, 6.45) is 0.457. The fraction of sp³-hybridized carbons (Fsp3) is 0.238.